The molecule has 3 N–H and O–H groups in total. The second-order valence-electron chi connectivity index (χ2n) is 22.2. The van der Waals surface area contributed by atoms with Crippen LogP contribution in [0.4, 0.5) is 0 Å². The Bertz CT molecular complexity index is 3280. The number of fused-ring (bicyclic) bond motifs is 14. The number of aliphatic hydroxyl groups is 1. The number of Topliss-reactive ketones (excluding diaryl/α,β-unsaturated/α-hetero) is 2. The van der Waals surface area contributed by atoms with Crippen LogP contribution in [-0.2, 0) is 64.9 Å². The van der Waals surface area contributed by atoms with E-state index in [4.69, 9.17) is 71.1 Å². The van der Waals surface area contributed by atoms with Gasteiger partial charge in [-0.3, -0.25) is 9.59 Å². The highest BCUT2D eigenvalue weighted by atomic mass is 16.9. The first kappa shape index (κ1) is 48.9. The molecule has 7 saturated heterocycles. The molecule has 20 nitrogen and oxygen atoms in total. The van der Waals surface area contributed by atoms with Gasteiger partial charge in [-0.2, -0.15) is 0 Å². The lowest BCUT2D eigenvalue weighted by Gasteiger charge is -2.50. The number of aryl methyl sites for hydroxylation is 2. The van der Waals surface area contributed by atoms with Crippen molar-refractivity contribution >= 4 is 33.1 Å². The summed E-state index contributed by atoms with van der Waals surface area (Å²) >= 11 is 0. The smallest absolute Gasteiger partial charge is 0.277 e. The van der Waals surface area contributed by atoms with Gasteiger partial charge in [0.1, 0.15) is 46.7 Å². The van der Waals surface area contributed by atoms with E-state index >= 15 is 0 Å². The SMILES string of the molecule is COc1c2c(c(O)c3c4c(c(C)cc13)C(C)C1OC(O)(C3OCCCO3)[C@]3(CO3)[C@]1(OC/C=C\CO[C@@]13Oc5c(c(C)cc6c(OC)c7c(c(O)c56)C(=O)CCC7)C5OC(C6OCCCO6)(OC51)[C@]31CO1)O4)C(=O)CCC2. The number of ketones is 2. The van der Waals surface area contributed by atoms with Crippen molar-refractivity contribution in [1.29, 1.82) is 0 Å². The molecule has 0 saturated carbocycles. The fourth-order valence-corrected chi connectivity index (χ4v) is 14.8. The lowest BCUT2D eigenvalue weighted by molar-refractivity contribution is -0.366. The van der Waals surface area contributed by atoms with E-state index in [1.54, 1.807) is 26.4 Å². The molecule has 9 heterocycles. The van der Waals surface area contributed by atoms with Gasteiger partial charge in [0.2, 0.25) is 23.8 Å². The molecule has 9 aliphatic heterocycles. The lowest BCUT2D eigenvalue weighted by atomic mass is 9.77. The Hall–Kier alpha value is -5.20. The first-order chi connectivity index (χ1) is 37.3. The van der Waals surface area contributed by atoms with Gasteiger partial charge in [0.05, 0.1) is 89.0 Å². The number of ether oxygens (including phenoxy) is 15. The second-order valence-corrected chi connectivity index (χ2v) is 22.2. The van der Waals surface area contributed by atoms with Crippen molar-refractivity contribution in [3.63, 3.8) is 0 Å². The Labute approximate surface area is 441 Å². The molecule has 0 aromatic heterocycles. The van der Waals surface area contributed by atoms with Crippen molar-refractivity contribution < 1.29 is 96.0 Å². The summed E-state index contributed by atoms with van der Waals surface area (Å²) in [5.74, 6) is -7.37. The highest BCUT2D eigenvalue weighted by molar-refractivity contribution is 6.13. The van der Waals surface area contributed by atoms with E-state index in [9.17, 15) is 24.9 Å². The highest BCUT2D eigenvalue weighted by Gasteiger charge is 2.94. The normalized spacial score (nSPS) is 36.5. The van der Waals surface area contributed by atoms with Crippen LogP contribution in [0.2, 0.25) is 0 Å². The van der Waals surface area contributed by atoms with Crippen LogP contribution in [-0.4, -0.2) is 153 Å². The maximum absolute atomic E-state index is 13.6. The second kappa shape index (κ2) is 16.7. The van der Waals surface area contributed by atoms with Gasteiger partial charge in [0.25, 0.3) is 23.1 Å². The van der Waals surface area contributed by atoms with Crippen LogP contribution in [0, 0.1) is 13.8 Å². The molecule has 6 unspecified atom stereocenters. The van der Waals surface area contributed by atoms with Crippen molar-refractivity contribution in [2.45, 2.75) is 143 Å². The number of phenols is 2. The molecule has 20 heteroatoms. The number of hydrogen-bond acceptors (Lipinski definition) is 20. The Kier molecular flexibility index (Phi) is 10.6. The Morgan fingerprint density at radius 3 is 1.65 bits per heavy atom. The quantitative estimate of drug-likeness (QED) is 0.123. The summed E-state index contributed by atoms with van der Waals surface area (Å²) < 4.78 is 98.5. The summed E-state index contributed by atoms with van der Waals surface area (Å²) in [4.78, 5) is 27.2. The molecule has 77 heavy (non-hydrogen) atoms. The van der Waals surface area contributed by atoms with Crippen LogP contribution < -0.4 is 18.9 Å². The first-order valence-electron chi connectivity index (χ1n) is 26.9. The van der Waals surface area contributed by atoms with Crippen molar-refractivity contribution in [2.75, 3.05) is 67.1 Å². The maximum atomic E-state index is 13.6. The minimum atomic E-state index is -2.22. The van der Waals surface area contributed by atoms with Gasteiger partial charge in [-0.05, 0) is 75.6 Å². The summed E-state index contributed by atoms with van der Waals surface area (Å²) in [6.07, 6.45) is 2.62. The number of carbonyl (C=O) groups is 2. The van der Waals surface area contributed by atoms with Gasteiger partial charge in [-0.15, -0.1) is 0 Å². The zero-order chi connectivity index (χ0) is 52.8. The predicted octanol–water partition coefficient (Wildman–Crippen LogP) is 5.96. The average molecular weight is 1070 g/mol. The molecule has 7 fully saturated rings. The van der Waals surface area contributed by atoms with Gasteiger partial charge in [-0.25, -0.2) is 0 Å². The molecule has 2 aliphatic carbocycles. The molecule has 11 aliphatic rings. The summed E-state index contributed by atoms with van der Waals surface area (Å²) in [7, 11) is 3.10. The number of rotatable bonds is 10. The van der Waals surface area contributed by atoms with Gasteiger partial charge in [0.15, 0.2) is 17.7 Å². The summed E-state index contributed by atoms with van der Waals surface area (Å²) in [6.45, 7) is 6.95. The largest absolute Gasteiger partial charge is 0.506 e. The zero-order valence-electron chi connectivity index (χ0n) is 43.4. The summed E-state index contributed by atoms with van der Waals surface area (Å²) in [6, 6.07) is 3.85. The third-order valence-electron chi connectivity index (χ3n) is 18.3. The van der Waals surface area contributed by atoms with Crippen LogP contribution in [0.25, 0.3) is 21.5 Å². The molecule has 0 radical (unpaired) electrons. The number of epoxide rings is 2. The van der Waals surface area contributed by atoms with Crippen LogP contribution in [0.1, 0.15) is 112 Å². The molecule has 4 aromatic rings. The van der Waals surface area contributed by atoms with Crippen molar-refractivity contribution in [3.8, 4) is 34.5 Å². The number of benzene rings is 4. The van der Waals surface area contributed by atoms with Crippen molar-refractivity contribution in [2.24, 2.45) is 0 Å². The molecule has 15 rings (SSSR count). The Balaban J connectivity index is 0.807. The van der Waals surface area contributed by atoms with E-state index in [-0.39, 0.29) is 95.7 Å². The topological polar surface area (TPSA) is 240 Å². The average Bonchev–Trinajstić information content (AvgIpc) is 4.53. The number of methoxy groups -OCH3 is 2. The highest BCUT2D eigenvalue weighted by Crippen LogP contribution is 2.73. The summed E-state index contributed by atoms with van der Waals surface area (Å²) in [5.41, 5.74) is 1.45. The van der Waals surface area contributed by atoms with E-state index in [0.29, 0.717) is 109 Å². The van der Waals surface area contributed by atoms with Gasteiger partial charge in [-0.1, -0.05) is 19.1 Å². The van der Waals surface area contributed by atoms with Gasteiger partial charge in [0, 0.05) is 51.8 Å². The van der Waals surface area contributed by atoms with Crippen LogP contribution in [0.15, 0.2) is 24.3 Å². The fourth-order valence-electron chi connectivity index (χ4n) is 14.8. The third-order valence-corrected chi connectivity index (χ3v) is 18.3. The van der Waals surface area contributed by atoms with Crippen LogP contribution in [0.3, 0.4) is 0 Å². The Morgan fingerprint density at radius 1 is 0.636 bits per heavy atom. The predicted molar refractivity (Wildman–Crippen MR) is 264 cm³/mol. The first-order valence-corrected chi connectivity index (χ1v) is 26.9. The third kappa shape index (κ3) is 5.98. The van der Waals surface area contributed by atoms with Gasteiger partial charge >= 0.3 is 0 Å². The monoisotopic (exact) mass is 1060 g/mol. The molecular weight excluding hydrogens is 1000 g/mol. The number of phenolic OH excluding ortho intramolecular Hbond substituents is 2. The van der Waals surface area contributed by atoms with E-state index in [1.165, 1.54) is 0 Å². The zero-order valence-corrected chi connectivity index (χ0v) is 43.4. The van der Waals surface area contributed by atoms with Crippen molar-refractivity contribution in [1.82, 2.24) is 0 Å². The minimum Gasteiger partial charge on any atom is -0.506 e. The van der Waals surface area contributed by atoms with E-state index in [1.807, 2.05) is 32.9 Å². The number of hydrogen-bond donors (Lipinski definition) is 3. The van der Waals surface area contributed by atoms with Crippen molar-refractivity contribution in [3.05, 3.63) is 68.8 Å². The molecule has 408 valence electrons. The minimum absolute atomic E-state index is 0.0677. The van der Waals surface area contributed by atoms with E-state index < -0.39 is 71.2 Å². The molecular formula is C57H60O20. The molecule has 2 bridgehead atoms. The number of aromatic hydroxyl groups is 2. The molecule has 10 atom stereocenters. The Morgan fingerprint density at radius 2 is 1.13 bits per heavy atom. The molecule has 4 aromatic carbocycles. The lowest BCUT2D eigenvalue weighted by Crippen LogP contribution is -2.70. The number of carbonyl (C=O) groups excluding carboxylic acids is 2. The van der Waals surface area contributed by atoms with E-state index in [0.717, 1.165) is 11.1 Å². The molecule has 0 amide bonds. The molecule has 2 spiro atoms. The van der Waals surface area contributed by atoms with Crippen LogP contribution >= 0.6 is 0 Å². The van der Waals surface area contributed by atoms with E-state index in [2.05, 4.69) is 0 Å². The fraction of sp³-hybridized carbons (Fsp3) is 0.579. The van der Waals surface area contributed by atoms with Crippen LogP contribution in [0.5, 0.6) is 34.5 Å². The maximum Gasteiger partial charge on any atom is 0.277 e. The standard InChI is InChI=1S/C57H60O20/c1-26-22-31-39(41(60)37-29(43(31)63-4)12-8-14-33(37)58)45-35(26)28(3)48-55(73-45,52(24-71-52)54(62,76-48)50-65-16-10-17-66-50)69-20-6-7-21-70-56-49-47(75-57(77-49,53(56)25-72-53)51-67-18-11-19-68-51)36-27(2)23-32-40(46(36)74-56)42(61)38-30(44(32)64-5)13-9-15-34(38)59/h6-7,22-23,28,47-51,60-62H,8-21,24-25H2,1-5H3/b7-6-/t28?,47?,48?,49?,52-,53+,54?,55-,56-,57?/m1/s1. The summed E-state index contributed by atoms with van der Waals surface area (Å²) in [5, 5.41) is 39.0. The van der Waals surface area contributed by atoms with Gasteiger partial charge < -0.3 is 86.4 Å².